The highest BCUT2D eigenvalue weighted by Crippen LogP contribution is 2.30. The lowest BCUT2D eigenvalue weighted by Gasteiger charge is -2.40. The zero-order valence-electron chi connectivity index (χ0n) is 14.9. The Kier molecular flexibility index (Phi) is 6.25. The Labute approximate surface area is 149 Å². The van der Waals surface area contributed by atoms with Gasteiger partial charge in [-0.3, -0.25) is 14.6 Å². The highest BCUT2D eigenvalue weighted by atomic mass is 32.1. The minimum absolute atomic E-state index is 0.0769. The van der Waals surface area contributed by atoms with Crippen LogP contribution in [0, 0.1) is 0 Å². The van der Waals surface area contributed by atoms with Crippen molar-refractivity contribution in [3.05, 3.63) is 11.6 Å². The number of likely N-dealkylation sites (tertiary alicyclic amines) is 1. The number of nitrogens with zero attached hydrogens (tertiary/aromatic N) is 3. The van der Waals surface area contributed by atoms with Gasteiger partial charge in [-0.1, -0.05) is 19.3 Å². The Hall–Kier alpha value is -0.980. The number of hydrogen-bond donors (Lipinski definition) is 1. The molecular weight excluding hydrogens is 320 g/mol. The predicted molar refractivity (Wildman–Crippen MR) is 99.6 cm³/mol. The van der Waals surface area contributed by atoms with Gasteiger partial charge in [-0.2, -0.15) is 0 Å². The van der Waals surface area contributed by atoms with E-state index >= 15 is 0 Å². The van der Waals surface area contributed by atoms with E-state index in [0.717, 1.165) is 37.5 Å². The molecule has 1 N–H and O–H groups in total. The first-order valence-corrected chi connectivity index (χ1v) is 10.2. The van der Waals surface area contributed by atoms with Crippen LogP contribution in [-0.2, 0) is 4.79 Å². The third-order valence-corrected chi connectivity index (χ3v) is 6.34. The molecule has 1 aromatic heterocycles. The largest absolute Gasteiger partial charge is 0.316 e. The van der Waals surface area contributed by atoms with E-state index in [1.807, 2.05) is 23.5 Å². The van der Waals surface area contributed by atoms with Gasteiger partial charge < -0.3 is 5.32 Å². The summed E-state index contributed by atoms with van der Waals surface area (Å²) in [5.41, 5.74) is 0. The molecule has 0 spiro atoms. The molecular formula is C18H30N4OS. The number of hydrogen-bond acceptors (Lipinski definition) is 5. The molecule has 0 bridgehead atoms. The van der Waals surface area contributed by atoms with Crippen molar-refractivity contribution in [2.24, 2.45) is 0 Å². The Bertz CT molecular complexity index is 515. The summed E-state index contributed by atoms with van der Waals surface area (Å²) in [7, 11) is 2.02. The summed E-state index contributed by atoms with van der Waals surface area (Å²) in [6.45, 7) is 4.05. The monoisotopic (exact) mass is 350 g/mol. The van der Waals surface area contributed by atoms with Gasteiger partial charge in [0.1, 0.15) is 0 Å². The third-order valence-electron chi connectivity index (χ3n) is 5.57. The molecule has 5 nitrogen and oxygen atoms in total. The second-order valence-electron chi connectivity index (χ2n) is 7.11. The molecule has 6 heteroatoms. The fourth-order valence-electron chi connectivity index (χ4n) is 4.06. The average molecular weight is 351 g/mol. The number of piperidine rings is 1. The van der Waals surface area contributed by atoms with Crippen LogP contribution in [0.1, 0.15) is 51.9 Å². The number of nitrogens with one attached hydrogen (secondary N) is 1. The lowest BCUT2D eigenvalue weighted by Crippen LogP contribution is -2.55. The summed E-state index contributed by atoms with van der Waals surface area (Å²) in [4.78, 5) is 22.2. The zero-order chi connectivity index (χ0) is 16.9. The molecule has 2 unspecified atom stereocenters. The summed E-state index contributed by atoms with van der Waals surface area (Å²) in [6.07, 6.45) is 10.1. The maximum Gasteiger partial charge on any atom is 0.246 e. The molecule has 0 radical (unpaired) electrons. The molecule has 2 heterocycles. The average Bonchev–Trinajstić information content (AvgIpc) is 3.16. The van der Waals surface area contributed by atoms with Gasteiger partial charge in [-0.15, -0.1) is 11.3 Å². The van der Waals surface area contributed by atoms with Crippen LogP contribution in [0.25, 0.3) is 0 Å². The first-order chi connectivity index (χ1) is 11.7. The summed E-state index contributed by atoms with van der Waals surface area (Å²) < 4.78 is 0. The minimum Gasteiger partial charge on any atom is -0.316 e. The van der Waals surface area contributed by atoms with Crippen LogP contribution in [0.2, 0.25) is 0 Å². The molecule has 0 aromatic carbocycles. The fourth-order valence-corrected chi connectivity index (χ4v) is 4.77. The lowest BCUT2D eigenvalue weighted by atomic mass is 9.94. The van der Waals surface area contributed by atoms with Crippen molar-refractivity contribution in [1.29, 1.82) is 0 Å². The third kappa shape index (κ3) is 3.98. The molecule has 2 aliphatic rings. The van der Waals surface area contributed by atoms with Crippen molar-refractivity contribution in [3.8, 4) is 0 Å². The molecule has 1 aromatic rings. The minimum atomic E-state index is -0.0769. The number of carbonyl (C=O) groups is 1. The van der Waals surface area contributed by atoms with E-state index in [-0.39, 0.29) is 11.9 Å². The summed E-state index contributed by atoms with van der Waals surface area (Å²) >= 11 is 1.59. The summed E-state index contributed by atoms with van der Waals surface area (Å²) in [6, 6.07) is 0.744. The van der Waals surface area contributed by atoms with Gasteiger partial charge in [-0.05, 0) is 46.2 Å². The van der Waals surface area contributed by atoms with Gasteiger partial charge in [0.05, 0.1) is 6.04 Å². The topological polar surface area (TPSA) is 48.5 Å². The fraction of sp³-hybridized carbons (Fsp3) is 0.778. The summed E-state index contributed by atoms with van der Waals surface area (Å²) in [5.74, 6) is 0.230. The highest BCUT2D eigenvalue weighted by molar-refractivity contribution is 7.13. The predicted octanol–water partition coefficient (Wildman–Crippen LogP) is 2.88. The Morgan fingerprint density at radius 1 is 1.33 bits per heavy atom. The van der Waals surface area contributed by atoms with Crippen molar-refractivity contribution in [3.63, 3.8) is 0 Å². The standard InChI is InChI=1S/C18H30N4OS/c1-14(21-11-6-7-15(13-21)19-2)17(23)22(18-20-10-12-24-18)16-8-4-3-5-9-16/h10,12,14-16,19H,3-9,11,13H2,1-2H3. The molecule has 1 aliphatic heterocycles. The van der Waals surface area contributed by atoms with Crippen molar-refractivity contribution in [1.82, 2.24) is 15.2 Å². The Morgan fingerprint density at radius 2 is 2.12 bits per heavy atom. The summed E-state index contributed by atoms with van der Waals surface area (Å²) in [5, 5.41) is 6.22. The van der Waals surface area contributed by atoms with E-state index in [9.17, 15) is 4.79 Å². The Balaban J connectivity index is 1.75. The van der Waals surface area contributed by atoms with Crippen LogP contribution in [0.5, 0.6) is 0 Å². The molecule has 1 aliphatic carbocycles. The van der Waals surface area contributed by atoms with Crippen LogP contribution in [-0.4, -0.2) is 54.1 Å². The van der Waals surface area contributed by atoms with Crippen molar-refractivity contribution in [2.75, 3.05) is 25.0 Å². The van der Waals surface area contributed by atoms with Crippen LogP contribution < -0.4 is 10.2 Å². The van der Waals surface area contributed by atoms with Crippen LogP contribution in [0.4, 0.5) is 5.13 Å². The SMILES string of the molecule is CNC1CCCN(C(C)C(=O)N(c2nccs2)C2CCCCC2)C1. The number of thiazole rings is 1. The van der Waals surface area contributed by atoms with E-state index in [4.69, 9.17) is 0 Å². The van der Waals surface area contributed by atoms with E-state index in [0.29, 0.717) is 12.1 Å². The number of anilines is 1. The maximum absolute atomic E-state index is 13.4. The van der Waals surface area contributed by atoms with Gasteiger partial charge in [0.25, 0.3) is 0 Å². The van der Waals surface area contributed by atoms with Gasteiger partial charge in [0.2, 0.25) is 5.91 Å². The normalized spacial score (nSPS) is 24.7. The first kappa shape index (κ1) is 17.8. The molecule has 1 saturated heterocycles. The van der Waals surface area contributed by atoms with Crippen LogP contribution >= 0.6 is 11.3 Å². The number of carbonyl (C=O) groups excluding carboxylic acids is 1. The van der Waals surface area contributed by atoms with E-state index in [2.05, 4.69) is 22.1 Å². The second kappa shape index (κ2) is 8.41. The first-order valence-electron chi connectivity index (χ1n) is 9.34. The molecule has 1 saturated carbocycles. The number of amides is 1. The highest BCUT2D eigenvalue weighted by Gasteiger charge is 2.35. The van der Waals surface area contributed by atoms with Gasteiger partial charge in [0.15, 0.2) is 5.13 Å². The molecule has 134 valence electrons. The number of rotatable bonds is 5. The van der Waals surface area contributed by atoms with Crippen LogP contribution in [0.3, 0.4) is 0 Å². The zero-order valence-corrected chi connectivity index (χ0v) is 15.7. The lowest BCUT2D eigenvalue weighted by molar-refractivity contribution is -0.124. The molecule has 2 atom stereocenters. The maximum atomic E-state index is 13.4. The van der Waals surface area contributed by atoms with E-state index in [1.54, 1.807) is 11.3 Å². The van der Waals surface area contributed by atoms with E-state index in [1.165, 1.54) is 25.7 Å². The number of likely N-dealkylation sites (N-methyl/N-ethyl adjacent to an activating group) is 1. The molecule has 24 heavy (non-hydrogen) atoms. The van der Waals surface area contributed by atoms with Gasteiger partial charge in [-0.25, -0.2) is 4.98 Å². The molecule has 3 rings (SSSR count). The second-order valence-corrected chi connectivity index (χ2v) is 7.99. The number of aromatic nitrogens is 1. The van der Waals surface area contributed by atoms with Crippen molar-refractivity contribution in [2.45, 2.75) is 70.0 Å². The van der Waals surface area contributed by atoms with E-state index < -0.39 is 0 Å². The van der Waals surface area contributed by atoms with Gasteiger partial charge in [0, 0.05) is 30.2 Å². The van der Waals surface area contributed by atoms with Crippen LogP contribution in [0.15, 0.2) is 11.6 Å². The van der Waals surface area contributed by atoms with Gasteiger partial charge >= 0.3 is 0 Å². The quantitative estimate of drug-likeness (QED) is 0.887. The molecule has 1 amide bonds. The molecule has 2 fully saturated rings. The Morgan fingerprint density at radius 3 is 2.79 bits per heavy atom. The smallest absolute Gasteiger partial charge is 0.246 e. The van der Waals surface area contributed by atoms with Crippen molar-refractivity contribution >= 4 is 22.4 Å². The van der Waals surface area contributed by atoms with Crippen molar-refractivity contribution < 1.29 is 4.79 Å².